The van der Waals surface area contributed by atoms with Crippen molar-refractivity contribution in [2.45, 2.75) is 13.3 Å². The molecule has 1 rings (SSSR count). The topological polar surface area (TPSA) is 0 Å². The van der Waals surface area contributed by atoms with E-state index in [4.69, 9.17) is 0 Å². The van der Waals surface area contributed by atoms with Gasteiger partial charge in [-0.2, -0.15) is 8.78 Å². The Bertz CT molecular complexity index is 333. The summed E-state index contributed by atoms with van der Waals surface area (Å²) in [6.07, 6.45) is 2.17. The molecule has 74 valence electrons. The second kappa shape index (κ2) is 5.32. The molecule has 14 heavy (non-hydrogen) atoms. The van der Waals surface area contributed by atoms with Gasteiger partial charge in [-0.05, 0) is 18.9 Å². The Labute approximate surface area is 82.6 Å². The lowest BCUT2D eigenvalue weighted by Crippen LogP contribution is -1.84. The number of hydrogen-bond donors (Lipinski definition) is 0. The minimum absolute atomic E-state index is 0.101. The van der Waals surface area contributed by atoms with E-state index in [1.54, 1.807) is 36.4 Å². The van der Waals surface area contributed by atoms with Crippen LogP contribution in [0.5, 0.6) is 0 Å². The van der Waals surface area contributed by atoms with Gasteiger partial charge in [0.25, 0.3) is 6.08 Å². The highest BCUT2D eigenvalue weighted by Crippen LogP contribution is 2.24. The molecule has 0 unspecified atom stereocenters. The van der Waals surface area contributed by atoms with Crippen molar-refractivity contribution in [2.75, 3.05) is 0 Å². The summed E-state index contributed by atoms with van der Waals surface area (Å²) in [5.74, 6) is 0. The molecule has 0 aliphatic rings. The smallest absolute Gasteiger partial charge is 0.173 e. The van der Waals surface area contributed by atoms with Gasteiger partial charge in [0.1, 0.15) is 0 Å². The highest BCUT2D eigenvalue weighted by molar-refractivity contribution is 5.67. The maximum Gasteiger partial charge on any atom is 0.274 e. The molecule has 0 saturated heterocycles. The van der Waals surface area contributed by atoms with Crippen LogP contribution in [0.4, 0.5) is 8.78 Å². The average molecular weight is 194 g/mol. The average Bonchev–Trinajstić information content (AvgIpc) is 2.19. The minimum atomic E-state index is -1.60. The molecule has 0 bridgehead atoms. The Balaban J connectivity index is 2.97. The van der Waals surface area contributed by atoms with Gasteiger partial charge in [0.05, 0.1) is 0 Å². The van der Waals surface area contributed by atoms with Crippen LogP contribution in [-0.4, -0.2) is 0 Å². The Morgan fingerprint density at radius 1 is 1.21 bits per heavy atom. The molecule has 0 aliphatic carbocycles. The molecule has 0 radical (unpaired) electrons. The SMILES string of the molecule is CC=CCC(=C(F)F)c1ccccc1. The molecule has 0 fully saturated rings. The van der Waals surface area contributed by atoms with E-state index in [-0.39, 0.29) is 12.0 Å². The maximum absolute atomic E-state index is 12.6. The quantitative estimate of drug-likeness (QED) is 0.630. The lowest BCUT2D eigenvalue weighted by molar-refractivity contribution is 0.424. The summed E-state index contributed by atoms with van der Waals surface area (Å²) in [5, 5.41) is 0. The molecule has 0 amide bonds. The maximum atomic E-state index is 12.6. The highest BCUT2D eigenvalue weighted by Gasteiger charge is 2.06. The summed E-state index contributed by atoms with van der Waals surface area (Å²) in [6, 6.07) is 8.71. The van der Waals surface area contributed by atoms with Gasteiger partial charge in [-0.25, -0.2) is 0 Å². The first kappa shape index (κ1) is 10.6. The van der Waals surface area contributed by atoms with Crippen LogP contribution in [0.3, 0.4) is 0 Å². The van der Waals surface area contributed by atoms with Gasteiger partial charge in [0, 0.05) is 5.57 Å². The third kappa shape index (κ3) is 2.80. The molecule has 0 heterocycles. The van der Waals surface area contributed by atoms with Crippen molar-refractivity contribution in [1.29, 1.82) is 0 Å². The van der Waals surface area contributed by atoms with Crippen LogP contribution >= 0.6 is 0 Å². The van der Waals surface area contributed by atoms with Crippen molar-refractivity contribution >= 4 is 5.57 Å². The summed E-state index contributed by atoms with van der Waals surface area (Å²) >= 11 is 0. The molecule has 0 aliphatic heterocycles. The lowest BCUT2D eigenvalue weighted by Gasteiger charge is -2.02. The van der Waals surface area contributed by atoms with Crippen LogP contribution < -0.4 is 0 Å². The molecule has 0 spiro atoms. The molecule has 0 atom stereocenters. The van der Waals surface area contributed by atoms with E-state index in [1.165, 1.54) is 0 Å². The Morgan fingerprint density at radius 3 is 2.36 bits per heavy atom. The zero-order valence-electron chi connectivity index (χ0n) is 8.00. The predicted molar refractivity (Wildman–Crippen MR) is 55.0 cm³/mol. The molecular weight excluding hydrogens is 182 g/mol. The number of hydrogen-bond acceptors (Lipinski definition) is 0. The lowest BCUT2D eigenvalue weighted by atomic mass is 10.0. The molecule has 1 aromatic carbocycles. The van der Waals surface area contributed by atoms with Crippen molar-refractivity contribution in [2.24, 2.45) is 0 Å². The number of benzene rings is 1. The first-order valence-corrected chi connectivity index (χ1v) is 4.46. The summed E-state index contributed by atoms with van der Waals surface area (Å²) in [5.41, 5.74) is 0.689. The van der Waals surface area contributed by atoms with Gasteiger partial charge in [0.2, 0.25) is 0 Å². The van der Waals surface area contributed by atoms with Gasteiger partial charge in [0.15, 0.2) is 0 Å². The van der Waals surface area contributed by atoms with E-state index in [0.29, 0.717) is 5.56 Å². The normalized spacial score (nSPS) is 10.5. The second-order valence-corrected chi connectivity index (χ2v) is 2.88. The number of halogens is 2. The molecule has 0 nitrogen and oxygen atoms in total. The van der Waals surface area contributed by atoms with Gasteiger partial charge in [-0.1, -0.05) is 42.5 Å². The molecule has 1 aromatic rings. The van der Waals surface area contributed by atoms with Crippen LogP contribution in [0, 0.1) is 0 Å². The Hall–Kier alpha value is -1.44. The van der Waals surface area contributed by atoms with Crippen LogP contribution in [0.25, 0.3) is 5.57 Å². The Morgan fingerprint density at radius 2 is 1.86 bits per heavy atom. The van der Waals surface area contributed by atoms with E-state index in [9.17, 15) is 8.78 Å². The van der Waals surface area contributed by atoms with Gasteiger partial charge in [-0.3, -0.25) is 0 Å². The summed E-state index contributed by atoms with van der Waals surface area (Å²) < 4.78 is 25.1. The summed E-state index contributed by atoms with van der Waals surface area (Å²) in [4.78, 5) is 0. The molecule has 0 saturated carbocycles. The fourth-order valence-electron chi connectivity index (χ4n) is 1.18. The van der Waals surface area contributed by atoms with Crippen molar-refractivity contribution < 1.29 is 8.78 Å². The third-order valence-corrected chi connectivity index (χ3v) is 1.91. The first-order valence-electron chi connectivity index (χ1n) is 4.46. The largest absolute Gasteiger partial charge is 0.274 e. The third-order valence-electron chi connectivity index (χ3n) is 1.91. The fraction of sp³-hybridized carbons (Fsp3) is 0.167. The minimum Gasteiger partial charge on any atom is -0.173 e. The predicted octanol–water partition coefficient (Wildman–Crippen LogP) is 4.26. The van der Waals surface area contributed by atoms with Crippen LogP contribution in [0.1, 0.15) is 18.9 Å². The number of allylic oxidation sites excluding steroid dienone is 3. The van der Waals surface area contributed by atoms with E-state index in [1.807, 2.05) is 13.0 Å². The standard InChI is InChI=1S/C12H12F2/c1-2-3-9-11(12(13)14)10-7-5-4-6-8-10/h2-8H,9H2,1H3. The zero-order valence-corrected chi connectivity index (χ0v) is 8.00. The second-order valence-electron chi connectivity index (χ2n) is 2.88. The van der Waals surface area contributed by atoms with Gasteiger partial charge >= 0.3 is 0 Å². The fourth-order valence-corrected chi connectivity index (χ4v) is 1.18. The van der Waals surface area contributed by atoms with Crippen molar-refractivity contribution in [3.05, 3.63) is 54.1 Å². The van der Waals surface area contributed by atoms with Crippen LogP contribution in [-0.2, 0) is 0 Å². The highest BCUT2D eigenvalue weighted by atomic mass is 19.3. The van der Waals surface area contributed by atoms with Crippen molar-refractivity contribution in [3.63, 3.8) is 0 Å². The zero-order chi connectivity index (χ0) is 10.4. The Kier molecular flexibility index (Phi) is 4.05. The van der Waals surface area contributed by atoms with E-state index in [0.717, 1.165) is 0 Å². The van der Waals surface area contributed by atoms with Crippen molar-refractivity contribution in [3.8, 4) is 0 Å². The van der Waals surface area contributed by atoms with Crippen LogP contribution in [0.15, 0.2) is 48.6 Å². The summed E-state index contributed by atoms with van der Waals surface area (Å²) in [6.45, 7) is 1.82. The van der Waals surface area contributed by atoms with E-state index in [2.05, 4.69) is 0 Å². The van der Waals surface area contributed by atoms with E-state index >= 15 is 0 Å². The van der Waals surface area contributed by atoms with Crippen LogP contribution in [0.2, 0.25) is 0 Å². The molecule has 0 aromatic heterocycles. The number of rotatable bonds is 3. The molecular formula is C12H12F2. The van der Waals surface area contributed by atoms with Gasteiger partial charge in [-0.15, -0.1) is 0 Å². The van der Waals surface area contributed by atoms with E-state index < -0.39 is 6.08 Å². The van der Waals surface area contributed by atoms with Gasteiger partial charge < -0.3 is 0 Å². The molecule has 2 heteroatoms. The summed E-state index contributed by atoms with van der Waals surface area (Å²) in [7, 11) is 0. The molecule has 0 N–H and O–H groups in total. The monoisotopic (exact) mass is 194 g/mol. The first-order chi connectivity index (χ1) is 6.75. The van der Waals surface area contributed by atoms with Crippen molar-refractivity contribution in [1.82, 2.24) is 0 Å².